The van der Waals surface area contributed by atoms with Gasteiger partial charge in [0.1, 0.15) is 6.04 Å². The Morgan fingerprint density at radius 3 is 2.28 bits per heavy atom. The number of aliphatic hydroxyl groups is 1. The molecule has 2 rings (SSSR count). The quantitative estimate of drug-likeness (QED) is 0.224. The summed E-state index contributed by atoms with van der Waals surface area (Å²) in [7, 11) is -4.91. The number of hydrogen-bond acceptors (Lipinski definition) is 7. The number of aliphatic hydroxyl groups excluding tert-OH is 1. The third-order valence-corrected chi connectivity index (χ3v) is 8.05. The van der Waals surface area contributed by atoms with E-state index in [-0.39, 0.29) is 37.2 Å². The Bertz CT molecular complexity index is 842. The molecule has 0 aromatic rings. The monoisotopic (exact) mass is 533 g/mol. The largest absolute Gasteiger partial charge is 0.449 e. The highest BCUT2D eigenvalue weighted by Gasteiger charge is 2.38. The Balaban J connectivity index is 1.97. The van der Waals surface area contributed by atoms with E-state index in [1.54, 1.807) is 0 Å². The summed E-state index contributed by atoms with van der Waals surface area (Å²) >= 11 is 0. The van der Waals surface area contributed by atoms with Gasteiger partial charge in [-0.2, -0.15) is 8.42 Å². The standard InChI is InChI=1S/C24H43N3O8S/c1-4-5-16-6-8-17(9-7-16)14-35-24(31)27-19(12-15(2)3)22(29)26-20(23(30)36(32,33)34)13-18-10-11-25-21(18)28/h15-20,23,30H,4-14H2,1-3H3,(H,25,28)(H,26,29)(H,27,31)(H,32,33,34)/t16?,17?,18-,19-,20-,23-/m0/s1. The van der Waals surface area contributed by atoms with Crippen molar-refractivity contribution in [2.45, 2.75) is 96.1 Å². The van der Waals surface area contributed by atoms with Gasteiger partial charge in [0.2, 0.25) is 17.3 Å². The van der Waals surface area contributed by atoms with E-state index in [1.807, 2.05) is 13.8 Å². The summed E-state index contributed by atoms with van der Waals surface area (Å²) in [6.07, 6.45) is 6.35. The molecule has 0 spiro atoms. The third-order valence-electron chi connectivity index (χ3n) is 7.11. The van der Waals surface area contributed by atoms with E-state index in [0.717, 1.165) is 31.6 Å². The molecule has 0 aromatic carbocycles. The molecular formula is C24H43N3O8S. The molecule has 0 aromatic heterocycles. The smallest absolute Gasteiger partial charge is 0.407 e. The minimum Gasteiger partial charge on any atom is -0.449 e. The Morgan fingerprint density at radius 2 is 1.75 bits per heavy atom. The highest BCUT2D eigenvalue weighted by Crippen LogP contribution is 2.31. The van der Waals surface area contributed by atoms with Gasteiger partial charge >= 0.3 is 6.09 Å². The lowest BCUT2D eigenvalue weighted by Gasteiger charge is -2.29. The number of hydrogen-bond donors (Lipinski definition) is 5. The van der Waals surface area contributed by atoms with Crippen LogP contribution in [0, 0.1) is 23.7 Å². The van der Waals surface area contributed by atoms with Crippen molar-refractivity contribution in [2.75, 3.05) is 13.2 Å². The molecule has 1 saturated heterocycles. The molecule has 5 N–H and O–H groups in total. The van der Waals surface area contributed by atoms with Gasteiger partial charge < -0.3 is 25.8 Å². The van der Waals surface area contributed by atoms with E-state index in [4.69, 9.17) is 4.74 Å². The van der Waals surface area contributed by atoms with E-state index >= 15 is 0 Å². The fraction of sp³-hybridized carbons (Fsp3) is 0.875. The van der Waals surface area contributed by atoms with Gasteiger partial charge in [-0.1, -0.05) is 46.5 Å². The number of carbonyl (C=O) groups is 3. The Labute approximate surface area is 214 Å². The van der Waals surface area contributed by atoms with Crippen LogP contribution in [-0.4, -0.2) is 66.7 Å². The van der Waals surface area contributed by atoms with Crippen molar-refractivity contribution < 1.29 is 37.2 Å². The summed E-state index contributed by atoms with van der Waals surface area (Å²) in [5, 5.41) is 17.8. The highest BCUT2D eigenvalue weighted by atomic mass is 32.2. The minimum absolute atomic E-state index is 0.000418. The number of rotatable bonds is 13. The molecule has 36 heavy (non-hydrogen) atoms. The van der Waals surface area contributed by atoms with Crippen LogP contribution in [0.3, 0.4) is 0 Å². The lowest BCUT2D eigenvalue weighted by Crippen LogP contribution is -2.55. The van der Waals surface area contributed by atoms with Gasteiger partial charge in [-0.25, -0.2) is 4.79 Å². The molecule has 1 heterocycles. The summed E-state index contributed by atoms with van der Waals surface area (Å²) in [6.45, 7) is 6.56. The van der Waals surface area contributed by atoms with Crippen LogP contribution in [-0.2, 0) is 24.4 Å². The summed E-state index contributed by atoms with van der Waals surface area (Å²) < 4.78 is 37.9. The molecule has 1 aliphatic heterocycles. The summed E-state index contributed by atoms with van der Waals surface area (Å²) in [5.74, 6) is -0.651. The SMILES string of the molecule is CCCC1CCC(COC(=O)N[C@@H](CC(C)C)C(=O)N[C@@H](C[C@@H]2CCNC2=O)[C@@H](O)S(=O)(=O)O)CC1. The fourth-order valence-corrected chi connectivity index (χ4v) is 5.68. The van der Waals surface area contributed by atoms with Crippen molar-refractivity contribution in [1.29, 1.82) is 0 Å². The fourth-order valence-electron chi connectivity index (χ4n) is 5.09. The molecule has 12 heteroatoms. The zero-order chi connectivity index (χ0) is 26.9. The summed E-state index contributed by atoms with van der Waals surface area (Å²) in [6, 6.07) is -2.49. The van der Waals surface area contributed by atoms with Crippen LogP contribution in [0.5, 0.6) is 0 Å². The number of amides is 3. The van der Waals surface area contributed by atoms with Crippen LogP contribution < -0.4 is 16.0 Å². The van der Waals surface area contributed by atoms with Gasteiger partial charge in [0.05, 0.1) is 12.6 Å². The van der Waals surface area contributed by atoms with Crippen LogP contribution in [0.4, 0.5) is 4.79 Å². The Morgan fingerprint density at radius 1 is 1.11 bits per heavy atom. The summed E-state index contributed by atoms with van der Waals surface area (Å²) in [5.41, 5.74) is -2.32. The molecule has 2 aliphatic rings. The van der Waals surface area contributed by atoms with Crippen LogP contribution in [0.25, 0.3) is 0 Å². The lowest BCUT2D eigenvalue weighted by atomic mass is 9.80. The second-order valence-electron chi connectivity index (χ2n) is 10.6. The number of nitrogens with one attached hydrogen (secondary N) is 3. The average Bonchev–Trinajstić information content (AvgIpc) is 3.20. The minimum atomic E-state index is -4.91. The normalized spacial score (nSPS) is 25.1. The molecule has 0 radical (unpaired) electrons. The third kappa shape index (κ3) is 9.85. The Hall–Kier alpha value is -1.92. The molecule has 0 unspecified atom stereocenters. The van der Waals surface area contributed by atoms with Crippen molar-refractivity contribution in [3.63, 3.8) is 0 Å². The molecule has 1 aliphatic carbocycles. The molecule has 0 bridgehead atoms. The lowest BCUT2D eigenvalue weighted by molar-refractivity contribution is -0.126. The van der Waals surface area contributed by atoms with E-state index in [2.05, 4.69) is 22.9 Å². The number of ether oxygens (including phenoxy) is 1. The first-order valence-corrected chi connectivity index (χ1v) is 14.6. The molecule has 3 amide bonds. The van der Waals surface area contributed by atoms with Gasteiger partial charge in [0.25, 0.3) is 10.1 Å². The predicted molar refractivity (Wildman–Crippen MR) is 133 cm³/mol. The van der Waals surface area contributed by atoms with E-state index in [1.165, 1.54) is 12.8 Å². The highest BCUT2D eigenvalue weighted by molar-refractivity contribution is 7.86. The van der Waals surface area contributed by atoms with Crippen LogP contribution in [0.1, 0.15) is 78.6 Å². The molecule has 11 nitrogen and oxygen atoms in total. The van der Waals surface area contributed by atoms with Gasteiger partial charge in [-0.15, -0.1) is 0 Å². The molecule has 208 valence electrons. The van der Waals surface area contributed by atoms with Crippen LogP contribution in [0.2, 0.25) is 0 Å². The second-order valence-corrected chi connectivity index (χ2v) is 12.1. The topological polar surface area (TPSA) is 171 Å². The molecular weight excluding hydrogens is 490 g/mol. The zero-order valence-electron chi connectivity index (χ0n) is 21.6. The Kier molecular flexibility index (Phi) is 11.9. The number of carbonyl (C=O) groups excluding carboxylic acids is 3. The maximum Gasteiger partial charge on any atom is 0.407 e. The van der Waals surface area contributed by atoms with Crippen LogP contribution in [0.15, 0.2) is 0 Å². The van der Waals surface area contributed by atoms with Gasteiger partial charge in [0, 0.05) is 12.5 Å². The first kappa shape index (κ1) is 30.3. The van der Waals surface area contributed by atoms with Crippen molar-refractivity contribution >= 4 is 28.0 Å². The van der Waals surface area contributed by atoms with Gasteiger partial charge in [-0.05, 0) is 49.9 Å². The zero-order valence-corrected chi connectivity index (χ0v) is 22.4. The second kappa shape index (κ2) is 14.1. The maximum atomic E-state index is 13.0. The van der Waals surface area contributed by atoms with Gasteiger partial charge in [0.15, 0.2) is 0 Å². The van der Waals surface area contributed by atoms with Crippen molar-refractivity contribution in [3.8, 4) is 0 Å². The van der Waals surface area contributed by atoms with E-state index in [0.29, 0.717) is 13.0 Å². The van der Waals surface area contributed by atoms with Crippen LogP contribution >= 0.6 is 0 Å². The van der Waals surface area contributed by atoms with Gasteiger partial charge in [-0.3, -0.25) is 14.1 Å². The number of alkyl carbamates (subject to hydrolysis) is 1. The molecule has 4 atom stereocenters. The predicted octanol–water partition coefficient (Wildman–Crippen LogP) is 1.95. The van der Waals surface area contributed by atoms with E-state index < -0.39 is 45.6 Å². The first-order valence-electron chi connectivity index (χ1n) is 13.1. The van der Waals surface area contributed by atoms with Crippen molar-refractivity contribution in [1.82, 2.24) is 16.0 Å². The van der Waals surface area contributed by atoms with Crippen molar-refractivity contribution in [3.05, 3.63) is 0 Å². The van der Waals surface area contributed by atoms with E-state index in [9.17, 15) is 32.5 Å². The van der Waals surface area contributed by atoms with Crippen molar-refractivity contribution in [2.24, 2.45) is 23.7 Å². The average molecular weight is 534 g/mol. The molecule has 2 fully saturated rings. The maximum absolute atomic E-state index is 13.0. The summed E-state index contributed by atoms with van der Waals surface area (Å²) in [4.78, 5) is 37.5. The molecule has 1 saturated carbocycles. The first-order chi connectivity index (χ1) is 16.9.